The zero-order chi connectivity index (χ0) is 16.9. The maximum Gasteiger partial charge on any atom is 0.178 e. The predicted octanol–water partition coefficient (Wildman–Crippen LogP) is 2.21. The second-order valence-corrected chi connectivity index (χ2v) is 8.79. The van der Waals surface area contributed by atoms with Crippen molar-refractivity contribution in [1.82, 2.24) is 0 Å². The summed E-state index contributed by atoms with van der Waals surface area (Å²) in [4.78, 5) is 12.9. The highest BCUT2D eigenvalue weighted by atomic mass is 35.5. The van der Waals surface area contributed by atoms with E-state index in [0.717, 1.165) is 37.7 Å². The number of carbonyl (C=O) groups is 1. The molecular formula is C20H29ClN2O2. The SMILES string of the molecule is Cl.N[C@@H](Cc1ccccc1)C(=O)C(O)C12CC3CC(CC(N)(C3)C1)C2. The molecule has 4 aliphatic rings. The molecule has 0 aromatic heterocycles. The van der Waals surface area contributed by atoms with Crippen molar-refractivity contribution in [2.45, 2.75) is 62.6 Å². The van der Waals surface area contributed by atoms with Gasteiger partial charge in [0.2, 0.25) is 0 Å². The smallest absolute Gasteiger partial charge is 0.178 e. The Morgan fingerprint density at radius 3 is 2.32 bits per heavy atom. The van der Waals surface area contributed by atoms with E-state index in [-0.39, 0.29) is 29.1 Å². The Morgan fingerprint density at radius 1 is 1.16 bits per heavy atom. The fourth-order valence-electron chi connectivity index (χ4n) is 6.20. The highest BCUT2D eigenvalue weighted by molar-refractivity contribution is 5.89. The lowest BCUT2D eigenvalue weighted by atomic mass is 9.45. The van der Waals surface area contributed by atoms with Crippen molar-refractivity contribution in [3.8, 4) is 0 Å². The molecule has 1 aromatic rings. The minimum absolute atomic E-state index is 0. The van der Waals surface area contributed by atoms with E-state index in [1.165, 1.54) is 6.42 Å². The Hall–Kier alpha value is -0.940. The number of ketones is 1. The molecule has 5 N–H and O–H groups in total. The minimum Gasteiger partial charge on any atom is -0.385 e. The van der Waals surface area contributed by atoms with Crippen molar-refractivity contribution < 1.29 is 9.90 Å². The summed E-state index contributed by atoms with van der Waals surface area (Å²) < 4.78 is 0. The van der Waals surface area contributed by atoms with Crippen LogP contribution in [-0.2, 0) is 11.2 Å². The topological polar surface area (TPSA) is 89.3 Å². The molecule has 138 valence electrons. The van der Waals surface area contributed by atoms with Gasteiger partial charge in [0.1, 0.15) is 6.10 Å². The first-order valence-corrected chi connectivity index (χ1v) is 9.19. The molecule has 0 aliphatic heterocycles. The van der Waals surface area contributed by atoms with E-state index in [2.05, 4.69) is 0 Å². The highest BCUT2D eigenvalue weighted by Crippen LogP contribution is 2.62. The van der Waals surface area contributed by atoms with Gasteiger partial charge < -0.3 is 16.6 Å². The summed E-state index contributed by atoms with van der Waals surface area (Å²) in [5.74, 6) is 0.942. The average molecular weight is 365 g/mol. The van der Waals surface area contributed by atoms with Crippen molar-refractivity contribution in [3.05, 3.63) is 35.9 Å². The maximum atomic E-state index is 12.9. The lowest BCUT2D eigenvalue weighted by Gasteiger charge is -2.62. The van der Waals surface area contributed by atoms with Crippen LogP contribution in [0.3, 0.4) is 0 Å². The molecule has 0 amide bonds. The molecule has 0 saturated heterocycles. The number of halogens is 1. The van der Waals surface area contributed by atoms with Crippen LogP contribution in [-0.4, -0.2) is 28.6 Å². The number of hydrogen-bond acceptors (Lipinski definition) is 4. The third kappa shape index (κ3) is 3.37. The molecule has 4 aliphatic carbocycles. The van der Waals surface area contributed by atoms with Crippen LogP contribution >= 0.6 is 12.4 Å². The Kier molecular flexibility index (Phi) is 5.02. The van der Waals surface area contributed by atoms with Gasteiger partial charge in [-0.3, -0.25) is 4.79 Å². The van der Waals surface area contributed by atoms with Gasteiger partial charge >= 0.3 is 0 Å². The van der Waals surface area contributed by atoms with Crippen LogP contribution in [0.2, 0.25) is 0 Å². The predicted molar refractivity (Wildman–Crippen MR) is 100 cm³/mol. The standard InChI is InChI=1S/C20H28N2O2.ClH/c21-16(7-13-4-2-1-3-5-13)17(23)18(24)19-8-14-6-15(9-19)11-20(22,10-14)12-19;/h1-5,14-16,18,24H,6-12,21-22H2;1H/t14?,15?,16-,18?,19?,20?;/m0./s1. The number of aliphatic hydroxyl groups excluding tert-OH is 1. The van der Waals surface area contributed by atoms with Crippen LogP contribution in [0.25, 0.3) is 0 Å². The number of nitrogens with two attached hydrogens (primary N) is 2. The van der Waals surface area contributed by atoms with Crippen LogP contribution in [0.4, 0.5) is 0 Å². The van der Waals surface area contributed by atoms with Gasteiger partial charge in [0, 0.05) is 11.0 Å². The molecule has 1 aromatic carbocycles. The van der Waals surface area contributed by atoms with Gasteiger partial charge in [-0.05, 0) is 62.3 Å². The lowest BCUT2D eigenvalue weighted by molar-refractivity contribution is -0.157. The zero-order valence-corrected chi connectivity index (χ0v) is 15.4. The number of hydrogen-bond donors (Lipinski definition) is 3. The Morgan fingerprint density at radius 2 is 1.76 bits per heavy atom. The first-order chi connectivity index (χ1) is 11.4. The first-order valence-electron chi connectivity index (χ1n) is 9.19. The first kappa shape index (κ1) is 18.8. The van der Waals surface area contributed by atoms with Gasteiger partial charge in [0.25, 0.3) is 0 Å². The Labute approximate surface area is 155 Å². The quantitative estimate of drug-likeness (QED) is 0.747. The summed E-state index contributed by atoms with van der Waals surface area (Å²) in [6, 6.07) is 9.13. The van der Waals surface area contributed by atoms with Crippen molar-refractivity contribution >= 4 is 18.2 Å². The third-order valence-electron chi connectivity index (χ3n) is 6.67. The van der Waals surface area contributed by atoms with Gasteiger partial charge in [-0.2, -0.15) is 0 Å². The third-order valence-corrected chi connectivity index (χ3v) is 6.67. The number of aliphatic hydroxyl groups is 1. The molecular weight excluding hydrogens is 336 g/mol. The summed E-state index contributed by atoms with van der Waals surface area (Å²) in [6.45, 7) is 0. The van der Waals surface area contributed by atoms with Crippen LogP contribution in [0, 0.1) is 17.3 Å². The minimum atomic E-state index is -0.968. The molecule has 3 unspecified atom stereocenters. The van der Waals surface area contributed by atoms with E-state index in [9.17, 15) is 9.90 Å². The second kappa shape index (κ2) is 6.66. The normalized spacial score (nSPS) is 38.0. The highest BCUT2D eigenvalue weighted by Gasteiger charge is 2.60. The molecule has 4 bridgehead atoms. The van der Waals surface area contributed by atoms with Crippen LogP contribution in [0.15, 0.2) is 30.3 Å². The molecule has 5 heteroatoms. The number of rotatable bonds is 5. The number of Topliss-reactive ketones (excluding diaryl/α,β-unsaturated/α-hetero) is 1. The van der Waals surface area contributed by atoms with E-state index < -0.39 is 12.1 Å². The summed E-state index contributed by atoms with van der Waals surface area (Å²) in [7, 11) is 0. The fourth-order valence-corrected chi connectivity index (χ4v) is 6.20. The van der Waals surface area contributed by atoms with E-state index >= 15 is 0 Å². The van der Waals surface area contributed by atoms with Crippen molar-refractivity contribution in [3.63, 3.8) is 0 Å². The molecule has 4 saturated carbocycles. The van der Waals surface area contributed by atoms with Crippen LogP contribution in [0.5, 0.6) is 0 Å². The van der Waals surface area contributed by atoms with Crippen molar-refractivity contribution in [2.75, 3.05) is 0 Å². The van der Waals surface area contributed by atoms with Crippen LogP contribution < -0.4 is 11.5 Å². The summed E-state index contributed by atoms with van der Waals surface area (Å²) >= 11 is 0. The lowest BCUT2D eigenvalue weighted by Crippen LogP contribution is -2.64. The van der Waals surface area contributed by atoms with Gasteiger partial charge in [-0.1, -0.05) is 30.3 Å². The van der Waals surface area contributed by atoms with Crippen molar-refractivity contribution in [1.29, 1.82) is 0 Å². The molecule has 25 heavy (non-hydrogen) atoms. The Balaban J connectivity index is 0.00000182. The van der Waals surface area contributed by atoms with E-state index in [1.54, 1.807) is 0 Å². The molecule has 4 atom stereocenters. The summed E-state index contributed by atoms with van der Waals surface area (Å²) in [5, 5.41) is 11.0. The largest absolute Gasteiger partial charge is 0.385 e. The molecule has 4 fully saturated rings. The number of benzene rings is 1. The van der Waals surface area contributed by atoms with Gasteiger partial charge in [-0.25, -0.2) is 0 Å². The summed E-state index contributed by atoms with van der Waals surface area (Å²) in [5.41, 5.74) is 13.3. The van der Waals surface area contributed by atoms with Gasteiger partial charge in [-0.15, -0.1) is 12.4 Å². The molecule has 0 spiro atoms. The molecule has 0 radical (unpaired) electrons. The van der Waals surface area contributed by atoms with E-state index in [4.69, 9.17) is 11.5 Å². The monoisotopic (exact) mass is 364 g/mol. The second-order valence-electron chi connectivity index (χ2n) is 8.79. The molecule has 5 rings (SSSR count). The van der Waals surface area contributed by atoms with Crippen LogP contribution in [0.1, 0.15) is 44.1 Å². The van der Waals surface area contributed by atoms with Crippen molar-refractivity contribution in [2.24, 2.45) is 28.7 Å². The van der Waals surface area contributed by atoms with Gasteiger partial charge in [0.05, 0.1) is 6.04 Å². The van der Waals surface area contributed by atoms with E-state index in [1.807, 2.05) is 30.3 Å². The van der Waals surface area contributed by atoms with E-state index in [0.29, 0.717) is 18.3 Å². The average Bonchev–Trinajstić information content (AvgIpc) is 2.52. The Bertz CT molecular complexity index is 622. The zero-order valence-electron chi connectivity index (χ0n) is 14.6. The number of carbonyl (C=O) groups excluding carboxylic acids is 1. The summed E-state index contributed by atoms with van der Waals surface area (Å²) in [6.07, 6.45) is 5.50. The maximum absolute atomic E-state index is 12.9. The fraction of sp³-hybridized carbons (Fsp3) is 0.650. The molecule has 0 heterocycles. The van der Waals surface area contributed by atoms with Gasteiger partial charge in [0.15, 0.2) is 5.78 Å². The molecule has 4 nitrogen and oxygen atoms in total.